The van der Waals surface area contributed by atoms with E-state index >= 15 is 0 Å². The summed E-state index contributed by atoms with van der Waals surface area (Å²) in [6.07, 6.45) is 7.80. The number of rotatable bonds is 4. The first-order chi connectivity index (χ1) is 23.1. The van der Waals surface area contributed by atoms with Gasteiger partial charge in [0.25, 0.3) is 0 Å². The molecule has 0 aromatic heterocycles. The molecule has 0 bridgehead atoms. The van der Waals surface area contributed by atoms with Gasteiger partial charge in [-0.25, -0.2) is 0 Å². The van der Waals surface area contributed by atoms with E-state index in [1.54, 1.807) is 10.4 Å². The summed E-state index contributed by atoms with van der Waals surface area (Å²) in [4.78, 5) is 5.23. The molecule has 6 aromatic rings. The average Bonchev–Trinajstić information content (AvgIpc) is 3.36. The minimum atomic E-state index is -1.74. The van der Waals surface area contributed by atoms with Gasteiger partial charge in [0.05, 0.1) is 0 Å². The molecule has 234 valence electrons. The zero-order valence-corrected chi connectivity index (χ0v) is 28.9. The number of benzene rings is 6. The van der Waals surface area contributed by atoms with E-state index < -0.39 is 8.07 Å². The van der Waals surface area contributed by atoms with E-state index in [0.29, 0.717) is 0 Å². The van der Waals surface area contributed by atoms with Crippen molar-refractivity contribution in [2.24, 2.45) is 0 Å². The summed E-state index contributed by atoms with van der Waals surface area (Å²) < 4.78 is 0. The van der Waals surface area contributed by atoms with Crippen molar-refractivity contribution >= 4 is 51.4 Å². The Kier molecular flexibility index (Phi) is 7.01. The molecule has 0 amide bonds. The van der Waals surface area contributed by atoms with E-state index in [9.17, 15) is 0 Å². The van der Waals surface area contributed by atoms with Gasteiger partial charge in [-0.1, -0.05) is 92.0 Å². The van der Waals surface area contributed by atoms with Crippen LogP contribution in [0.25, 0.3) is 54.9 Å². The summed E-state index contributed by atoms with van der Waals surface area (Å²) in [5, 5.41) is 8.58. The lowest BCUT2D eigenvalue weighted by Gasteiger charge is -2.30. The van der Waals surface area contributed by atoms with Crippen LogP contribution in [0.1, 0.15) is 38.5 Å². The van der Waals surface area contributed by atoms with E-state index in [2.05, 4.69) is 132 Å². The highest BCUT2D eigenvalue weighted by atomic mass is 28.3. The molecule has 0 spiro atoms. The molecule has 2 fully saturated rings. The first-order valence-corrected chi connectivity index (χ1v) is 20.9. The van der Waals surface area contributed by atoms with Crippen LogP contribution in [-0.2, 0) is 0 Å². The third-order valence-electron chi connectivity index (χ3n) is 11.5. The monoisotopic (exact) mass is 628 g/mol. The third kappa shape index (κ3) is 4.73. The van der Waals surface area contributed by atoms with Crippen LogP contribution in [0.3, 0.4) is 0 Å². The fourth-order valence-corrected chi connectivity index (χ4v) is 12.1. The predicted molar refractivity (Wildman–Crippen MR) is 207 cm³/mol. The number of nitrogens with zero attached hydrogens (tertiary/aromatic N) is 2. The largest absolute Gasteiger partial charge is 0.372 e. The van der Waals surface area contributed by atoms with Gasteiger partial charge in [-0.3, -0.25) is 0 Å². The molecule has 6 aromatic carbocycles. The normalized spacial score (nSPS) is 17.2. The summed E-state index contributed by atoms with van der Waals surface area (Å²) in [7, 11) is -1.74. The number of hydrogen-bond acceptors (Lipinski definition) is 2. The van der Waals surface area contributed by atoms with Crippen molar-refractivity contribution in [1.29, 1.82) is 0 Å². The van der Waals surface area contributed by atoms with Gasteiger partial charge in [-0.05, 0) is 134 Å². The predicted octanol–water partition coefficient (Wildman–Crippen LogP) is 10.1. The highest BCUT2D eigenvalue weighted by Crippen LogP contribution is 2.47. The van der Waals surface area contributed by atoms with Gasteiger partial charge >= 0.3 is 0 Å². The Morgan fingerprint density at radius 1 is 0.426 bits per heavy atom. The Morgan fingerprint density at radius 2 is 0.957 bits per heavy atom. The molecule has 0 aliphatic carbocycles. The van der Waals surface area contributed by atoms with Crippen molar-refractivity contribution in [1.82, 2.24) is 0 Å². The Balaban J connectivity index is 1.36. The molecule has 3 aliphatic heterocycles. The smallest absolute Gasteiger partial charge is 0.113 e. The first-order valence-electron chi connectivity index (χ1n) is 17.9. The zero-order chi connectivity index (χ0) is 31.5. The maximum absolute atomic E-state index is 2.62. The summed E-state index contributed by atoms with van der Waals surface area (Å²) >= 11 is 0. The lowest BCUT2D eigenvalue weighted by atomic mass is 9.84. The second kappa shape index (κ2) is 11.4. The van der Waals surface area contributed by atoms with Crippen molar-refractivity contribution in [3.05, 3.63) is 109 Å². The molecule has 3 heteroatoms. The van der Waals surface area contributed by atoms with E-state index in [1.165, 1.54) is 105 Å². The van der Waals surface area contributed by atoms with Crippen molar-refractivity contribution in [3.8, 4) is 33.4 Å². The van der Waals surface area contributed by atoms with Crippen LogP contribution in [-0.4, -0.2) is 34.3 Å². The molecule has 2 saturated heterocycles. The van der Waals surface area contributed by atoms with Crippen molar-refractivity contribution in [2.45, 2.75) is 51.6 Å². The van der Waals surface area contributed by atoms with Gasteiger partial charge in [-0.2, -0.15) is 0 Å². The SMILES string of the molecule is C[Si]1(C)c2ccccc2-c2cc(-c3c4ccc(N5CCCCC5)cc4c(-c4ccccc4)c4ccc(N5CCCCC5)cc34)ccc21. The van der Waals surface area contributed by atoms with Crippen molar-refractivity contribution < 1.29 is 0 Å². The highest BCUT2D eigenvalue weighted by molar-refractivity contribution is 7.03. The molecule has 0 saturated carbocycles. The Labute approximate surface area is 280 Å². The maximum atomic E-state index is 2.62. The van der Waals surface area contributed by atoms with Gasteiger partial charge in [0.15, 0.2) is 0 Å². The molecular formula is C44H44N2Si. The second-order valence-corrected chi connectivity index (χ2v) is 18.9. The number of hydrogen-bond donors (Lipinski definition) is 0. The van der Waals surface area contributed by atoms with Gasteiger partial charge in [0, 0.05) is 37.6 Å². The van der Waals surface area contributed by atoms with Crippen molar-refractivity contribution in [3.63, 3.8) is 0 Å². The van der Waals surface area contributed by atoms with Gasteiger partial charge < -0.3 is 9.80 Å². The first kappa shape index (κ1) is 28.8. The van der Waals surface area contributed by atoms with Gasteiger partial charge in [0.1, 0.15) is 8.07 Å². The summed E-state index contributed by atoms with van der Waals surface area (Å²) in [6, 6.07) is 42.5. The van der Waals surface area contributed by atoms with E-state index in [0.717, 1.165) is 26.2 Å². The van der Waals surface area contributed by atoms with Gasteiger partial charge in [-0.15, -0.1) is 0 Å². The highest BCUT2D eigenvalue weighted by Gasteiger charge is 2.37. The molecule has 0 radical (unpaired) electrons. The molecule has 3 aliphatic rings. The van der Waals surface area contributed by atoms with Crippen LogP contribution in [0.15, 0.2) is 109 Å². The minimum absolute atomic E-state index is 1.15. The molecule has 0 atom stereocenters. The summed E-state index contributed by atoms with van der Waals surface area (Å²) in [5.41, 5.74) is 11.0. The molecule has 0 unspecified atom stereocenters. The van der Waals surface area contributed by atoms with E-state index in [1.807, 2.05) is 0 Å². The van der Waals surface area contributed by atoms with Crippen LogP contribution >= 0.6 is 0 Å². The lowest BCUT2D eigenvalue weighted by Crippen LogP contribution is -2.49. The molecule has 0 N–H and O–H groups in total. The molecule has 3 heterocycles. The lowest BCUT2D eigenvalue weighted by molar-refractivity contribution is 0.578. The van der Waals surface area contributed by atoms with Crippen LogP contribution in [0.4, 0.5) is 11.4 Å². The topological polar surface area (TPSA) is 6.48 Å². The van der Waals surface area contributed by atoms with Crippen LogP contribution in [0, 0.1) is 0 Å². The number of piperidine rings is 2. The second-order valence-electron chi connectivity index (χ2n) is 14.6. The fourth-order valence-electron chi connectivity index (χ4n) is 9.00. The van der Waals surface area contributed by atoms with Crippen LogP contribution < -0.4 is 20.2 Å². The standard InChI is InChI=1S/C44H44N2Si/c1-47(2)41-17-9-8-16-35(41)38-28-32(18-23-42(38)47)44-37-22-20-33(45-24-10-4-11-25-45)29-39(37)43(31-14-6-3-7-15-31)36-21-19-34(30-40(36)44)46-26-12-5-13-27-46/h3,6-9,14-23,28-30H,4-5,10-13,24-27H2,1-2H3. The number of fused-ring (bicyclic) bond motifs is 5. The average molecular weight is 629 g/mol. The van der Waals surface area contributed by atoms with E-state index in [-0.39, 0.29) is 0 Å². The quantitative estimate of drug-likeness (QED) is 0.142. The number of anilines is 2. The molecule has 9 rings (SSSR count). The Morgan fingerprint density at radius 3 is 1.57 bits per heavy atom. The fraction of sp³-hybridized carbons (Fsp3) is 0.273. The maximum Gasteiger partial charge on any atom is 0.113 e. The summed E-state index contributed by atoms with van der Waals surface area (Å²) in [6.45, 7) is 9.63. The Hall–Kier alpha value is -4.34. The van der Waals surface area contributed by atoms with Crippen molar-refractivity contribution in [2.75, 3.05) is 36.0 Å². The minimum Gasteiger partial charge on any atom is -0.372 e. The zero-order valence-electron chi connectivity index (χ0n) is 27.9. The molecular weight excluding hydrogens is 585 g/mol. The third-order valence-corrected chi connectivity index (χ3v) is 15.0. The molecule has 2 nitrogen and oxygen atoms in total. The van der Waals surface area contributed by atoms with Crippen LogP contribution in [0.5, 0.6) is 0 Å². The van der Waals surface area contributed by atoms with Gasteiger partial charge in [0.2, 0.25) is 0 Å². The van der Waals surface area contributed by atoms with E-state index in [4.69, 9.17) is 0 Å². The molecule has 47 heavy (non-hydrogen) atoms. The summed E-state index contributed by atoms with van der Waals surface area (Å²) in [5.74, 6) is 0. The van der Waals surface area contributed by atoms with Crippen LogP contribution in [0.2, 0.25) is 13.1 Å². The Bertz CT molecular complexity index is 2140.